The smallest absolute Gasteiger partial charge is 0.239 e. The number of amides is 1. The Morgan fingerprint density at radius 1 is 1.47 bits per heavy atom. The van der Waals surface area contributed by atoms with Crippen LogP contribution in [-0.2, 0) is 9.53 Å². The van der Waals surface area contributed by atoms with E-state index in [4.69, 9.17) is 10.5 Å². The molecule has 5 nitrogen and oxygen atoms in total. The van der Waals surface area contributed by atoms with Crippen LogP contribution in [0.25, 0.3) is 0 Å². The molecule has 0 saturated heterocycles. The average molecular weight is 244 g/mol. The summed E-state index contributed by atoms with van der Waals surface area (Å²) < 4.78 is 4.83. The number of carbonyl (C=O) groups is 1. The number of methoxy groups -OCH3 is 1. The van der Waals surface area contributed by atoms with Crippen molar-refractivity contribution in [2.45, 2.75) is 31.7 Å². The SMILES string of the molecule is COCC(N)C(=O)NCC1CCCCC1CO. The van der Waals surface area contributed by atoms with Gasteiger partial charge in [-0.3, -0.25) is 4.79 Å². The van der Waals surface area contributed by atoms with Gasteiger partial charge in [-0.25, -0.2) is 0 Å². The Balaban J connectivity index is 2.30. The molecule has 1 fully saturated rings. The minimum Gasteiger partial charge on any atom is -0.396 e. The molecule has 0 heterocycles. The first-order valence-electron chi connectivity index (χ1n) is 6.32. The molecule has 4 N–H and O–H groups in total. The lowest BCUT2D eigenvalue weighted by atomic mass is 9.79. The van der Waals surface area contributed by atoms with Crippen molar-refractivity contribution in [3.05, 3.63) is 0 Å². The van der Waals surface area contributed by atoms with E-state index in [2.05, 4.69) is 5.32 Å². The lowest BCUT2D eigenvalue weighted by Gasteiger charge is -2.30. The molecule has 0 aromatic carbocycles. The quantitative estimate of drug-likeness (QED) is 0.608. The molecule has 100 valence electrons. The van der Waals surface area contributed by atoms with Crippen LogP contribution in [0.5, 0.6) is 0 Å². The largest absolute Gasteiger partial charge is 0.396 e. The summed E-state index contributed by atoms with van der Waals surface area (Å²) in [6.45, 7) is 1.06. The van der Waals surface area contributed by atoms with E-state index in [9.17, 15) is 9.90 Å². The maximum absolute atomic E-state index is 11.6. The highest BCUT2D eigenvalue weighted by Gasteiger charge is 2.25. The van der Waals surface area contributed by atoms with Crippen LogP contribution in [0, 0.1) is 11.8 Å². The van der Waals surface area contributed by atoms with E-state index in [-0.39, 0.29) is 19.1 Å². The van der Waals surface area contributed by atoms with Crippen LogP contribution in [0.2, 0.25) is 0 Å². The average Bonchev–Trinajstić information content (AvgIpc) is 2.36. The predicted octanol–water partition coefficient (Wildman–Crippen LogP) is -0.125. The fourth-order valence-corrected chi connectivity index (χ4v) is 2.41. The van der Waals surface area contributed by atoms with Crippen LogP contribution < -0.4 is 11.1 Å². The highest BCUT2D eigenvalue weighted by atomic mass is 16.5. The lowest BCUT2D eigenvalue weighted by molar-refractivity contribution is -0.123. The van der Waals surface area contributed by atoms with Gasteiger partial charge in [0.1, 0.15) is 6.04 Å². The third-order valence-electron chi connectivity index (χ3n) is 3.52. The molecule has 3 unspecified atom stereocenters. The molecule has 0 aromatic heterocycles. The summed E-state index contributed by atoms with van der Waals surface area (Å²) in [7, 11) is 1.52. The minimum absolute atomic E-state index is 0.172. The molecule has 5 heteroatoms. The predicted molar refractivity (Wildman–Crippen MR) is 65.4 cm³/mol. The topological polar surface area (TPSA) is 84.6 Å². The van der Waals surface area contributed by atoms with Gasteiger partial charge in [0.15, 0.2) is 0 Å². The van der Waals surface area contributed by atoms with Gasteiger partial charge in [-0.2, -0.15) is 0 Å². The molecule has 0 bridgehead atoms. The Bertz CT molecular complexity index is 236. The number of rotatable bonds is 6. The summed E-state index contributed by atoms with van der Waals surface area (Å²) in [6.07, 6.45) is 4.49. The maximum Gasteiger partial charge on any atom is 0.239 e. The van der Waals surface area contributed by atoms with Gasteiger partial charge in [0, 0.05) is 20.3 Å². The van der Waals surface area contributed by atoms with E-state index < -0.39 is 6.04 Å². The van der Waals surface area contributed by atoms with Crippen molar-refractivity contribution in [3.63, 3.8) is 0 Å². The Morgan fingerprint density at radius 3 is 2.71 bits per heavy atom. The van der Waals surface area contributed by atoms with Crippen LogP contribution in [0.15, 0.2) is 0 Å². The molecule has 1 saturated carbocycles. The number of nitrogens with one attached hydrogen (secondary N) is 1. The highest BCUT2D eigenvalue weighted by Crippen LogP contribution is 2.28. The van der Waals surface area contributed by atoms with Crippen molar-refractivity contribution in [2.24, 2.45) is 17.6 Å². The molecule has 0 radical (unpaired) electrons. The zero-order chi connectivity index (χ0) is 12.7. The molecule has 0 spiro atoms. The standard InChI is InChI=1S/C12H24N2O3/c1-17-8-11(13)12(16)14-6-9-4-2-3-5-10(9)7-15/h9-11,15H,2-8,13H2,1H3,(H,14,16). The van der Waals surface area contributed by atoms with E-state index in [1.54, 1.807) is 0 Å². The number of aliphatic hydroxyl groups excluding tert-OH is 1. The van der Waals surface area contributed by atoms with Crippen LogP contribution in [0.4, 0.5) is 0 Å². The first-order valence-corrected chi connectivity index (χ1v) is 6.32. The van der Waals surface area contributed by atoms with Crippen LogP contribution in [0.1, 0.15) is 25.7 Å². The van der Waals surface area contributed by atoms with Gasteiger partial charge in [0.2, 0.25) is 5.91 Å². The summed E-state index contributed by atoms with van der Waals surface area (Å²) in [6, 6.07) is -0.601. The number of carbonyl (C=O) groups excluding carboxylic acids is 1. The number of hydrogen-bond donors (Lipinski definition) is 3. The van der Waals surface area contributed by atoms with E-state index in [1.807, 2.05) is 0 Å². The Morgan fingerprint density at radius 2 is 2.12 bits per heavy atom. The fraction of sp³-hybridized carbons (Fsp3) is 0.917. The monoisotopic (exact) mass is 244 g/mol. The summed E-state index contributed by atoms with van der Waals surface area (Å²) in [5.74, 6) is 0.532. The molecular weight excluding hydrogens is 220 g/mol. The van der Waals surface area contributed by atoms with Crippen molar-refractivity contribution in [2.75, 3.05) is 26.9 Å². The first-order chi connectivity index (χ1) is 8.19. The third-order valence-corrected chi connectivity index (χ3v) is 3.52. The van der Waals surface area contributed by atoms with E-state index in [1.165, 1.54) is 20.0 Å². The van der Waals surface area contributed by atoms with Crippen molar-refractivity contribution < 1.29 is 14.6 Å². The number of ether oxygens (including phenoxy) is 1. The van der Waals surface area contributed by atoms with Gasteiger partial charge in [-0.05, 0) is 24.7 Å². The summed E-state index contributed by atoms with van der Waals surface area (Å²) in [5, 5.41) is 12.1. The second-order valence-electron chi connectivity index (χ2n) is 4.79. The van der Waals surface area contributed by atoms with Crippen molar-refractivity contribution in [3.8, 4) is 0 Å². The van der Waals surface area contributed by atoms with Gasteiger partial charge in [0.05, 0.1) is 6.61 Å². The zero-order valence-corrected chi connectivity index (χ0v) is 10.5. The maximum atomic E-state index is 11.6. The fourth-order valence-electron chi connectivity index (χ4n) is 2.41. The van der Waals surface area contributed by atoms with Gasteiger partial charge in [-0.1, -0.05) is 12.8 Å². The van der Waals surface area contributed by atoms with E-state index in [0.29, 0.717) is 18.4 Å². The summed E-state index contributed by atoms with van der Waals surface area (Å²) in [5.41, 5.74) is 5.62. The Labute approximate surface area is 103 Å². The molecule has 1 aliphatic carbocycles. The van der Waals surface area contributed by atoms with Crippen molar-refractivity contribution >= 4 is 5.91 Å². The minimum atomic E-state index is -0.601. The summed E-state index contributed by atoms with van der Waals surface area (Å²) >= 11 is 0. The molecule has 3 atom stereocenters. The van der Waals surface area contributed by atoms with Gasteiger partial charge < -0.3 is 20.9 Å². The van der Waals surface area contributed by atoms with E-state index in [0.717, 1.165) is 12.8 Å². The molecule has 1 amide bonds. The Hall–Kier alpha value is -0.650. The second-order valence-corrected chi connectivity index (χ2v) is 4.79. The van der Waals surface area contributed by atoms with Gasteiger partial charge in [-0.15, -0.1) is 0 Å². The zero-order valence-electron chi connectivity index (χ0n) is 10.5. The molecule has 1 rings (SSSR count). The number of nitrogens with two attached hydrogens (primary N) is 1. The number of aliphatic hydroxyl groups is 1. The van der Waals surface area contributed by atoms with Crippen LogP contribution >= 0.6 is 0 Å². The first kappa shape index (κ1) is 14.4. The van der Waals surface area contributed by atoms with Crippen LogP contribution in [0.3, 0.4) is 0 Å². The van der Waals surface area contributed by atoms with Gasteiger partial charge in [0.25, 0.3) is 0 Å². The second kappa shape index (κ2) is 7.63. The van der Waals surface area contributed by atoms with Crippen LogP contribution in [-0.4, -0.2) is 43.9 Å². The molecule has 0 aliphatic heterocycles. The molecular formula is C12H24N2O3. The van der Waals surface area contributed by atoms with Crippen molar-refractivity contribution in [1.82, 2.24) is 5.32 Å². The Kier molecular flexibility index (Phi) is 6.47. The molecule has 17 heavy (non-hydrogen) atoms. The van der Waals surface area contributed by atoms with Gasteiger partial charge >= 0.3 is 0 Å². The summed E-state index contributed by atoms with van der Waals surface area (Å²) in [4.78, 5) is 11.6. The third kappa shape index (κ3) is 4.61. The lowest BCUT2D eigenvalue weighted by Crippen LogP contribution is -2.46. The highest BCUT2D eigenvalue weighted by molar-refractivity contribution is 5.81. The molecule has 0 aromatic rings. The number of hydrogen-bond acceptors (Lipinski definition) is 4. The molecule has 1 aliphatic rings. The van der Waals surface area contributed by atoms with E-state index >= 15 is 0 Å². The van der Waals surface area contributed by atoms with Crippen molar-refractivity contribution in [1.29, 1.82) is 0 Å². The normalized spacial score (nSPS) is 26.5.